The highest BCUT2D eigenvalue weighted by Crippen LogP contribution is 2.28. The lowest BCUT2D eigenvalue weighted by molar-refractivity contribution is 0.355. The molecule has 0 heterocycles. The first kappa shape index (κ1) is 15.4. The largest absolute Gasteiger partial charge is 0.497 e. The Balaban J connectivity index is 2.52. The first-order chi connectivity index (χ1) is 9.19. The minimum absolute atomic E-state index is 0.605. The first-order valence-corrected chi connectivity index (χ1v) is 6.77. The molecule has 0 N–H and O–H groups in total. The van der Waals surface area contributed by atoms with E-state index < -0.39 is 0 Å². The second-order valence-electron chi connectivity index (χ2n) is 4.49. The number of benzene rings is 1. The van der Waals surface area contributed by atoms with Crippen LogP contribution in [0.15, 0.2) is 36.4 Å². The number of hydrogen-bond acceptors (Lipinski definition) is 2. The summed E-state index contributed by atoms with van der Waals surface area (Å²) in [6.45, 7) is 6.82. The summed E-state index contributed by atoms with van der Waals surface area (Å²) in [5.41, 5.74) is 2.22. The number of allylic oxidation sites excluding steroid dienone is 3. The van der Waals surface area contributed by atoms with Gasteiger partial charge in [-0.2, -0.15) is 0 Å². The fourth-order valence-electron chi connectivity index (χ4n) is 1.89. The van der Waals surface area contributed by atoms with Crippen LogP contribution in [-0.2, 0) is 0 Å². The lowest BCUT2D eigenvalue weighted by Crippen LogP contribution is -1.98. The highest BCUT2D eigenvalue weighted by Gasteiger charge is 2.05. The molecular formula is C17H24O2. The first-order valence-electron chi connectivity index (χ1n) is 6.77. The van der Waals surface area contributed by atoms with Gasteiger partial charge in [0, 0.05) is 0 Å². The average molecular weight is 260 g/mol. The molecule has 19 heavy (non-hydrogen) atoms. The molecule has 0 aliphatic carbocycles. The van der Waals surface area contributed by atoms with Crippen molar-refractivity contribution in [1.82, 2.24) is 0 Å². The third-order valence-electron chi connectivity index (χ3n) is 2.83. The van der Waals surface area contributed by atoms with Crippen LogP contribution in [0.1, 0.15) is 30.9 Å². The summed E-state index contributed by atoms with van der Waals surface area (Å²) >= 11 is 0. The highest BCUT2D eigenvalue weighted by atomic mass is 16.5. The molecule has 0 saturated carbocycles. The quantitative estimate of drug-likeness (QED) is 0.667. The second kappa shape index (κ2) is 8.41. The topological polar surface area (TPSA) is 18.5 Å². The predicted molar refractivity (Wildman–Crippen MR) is 81.2 cm³/mol. The molecular weight excluding hydrogens is 236 g/mol. The molecule has 0 fully saturated rings. The summed E-state index contributed by atoms with van der Waals surface area (Å²) in [5, 5.41) is 0. The van der Waals surface area contributed by atoms with Crippen LogP contribution in [-0.4, -0.2) is 13.7 Å². The van der Waals surface area contributed by atoms with Gasteiger partial charge in [0.25, 0.3) is 0 Å². The van der Waals surface area contributed by atoms with E-state index in [0.29, 0.717) is 6.61 Å². The van der Waals surface area contributed by atoms with Crippen LogP contribution in [0.5, 0.6) is 11.5 Å². The van der Waals surface area contributed by atoms with Gasteiger partial charge in [-0.3, -0.25) is 0 Å². The zero-order chi connectivity index (χ0) is 14.1. The van der Waals surface area contributed by atoms with E-state index in [-0.39, 0.29) is 0 Å². The summed E-state index contributed by atoms with van der Waals surface area (Å²) in [5.74, 6) is 1.83. The van der Waals surface area contributed by atoms with E-state index in [2.05, 4.69) is 31.2 Å². The van der Waals surface area contributed by atoms with Crippen molar-refractivity contribution in [3.05, 3.63) is 47.6 Å². The smallest absolute Gasteiger partial charge is 0.125 e. The van der Waals surface area contributed by atoms with Gasteiger partial charge >= 0.3 is 0 Å². The van der Waals surface area contributed by atoms with Gasteiger partial charge in [0.15, 0.2) is 0 Å². The van der Waals surface area contributed by atoms with Crippen molar-refractivity contribution in [3.63, 3.8) is 0 Å². The van der Waals surface area contributed by atoms with Crippen molar-refractivity contribution in [2.45, 2.75) is 33.6 Å². The normalized spacial score (nSPS) is 11.4. The highest BCUT2D eigenvalue weighted by molar-refractivity contribution is 5.45. The molecule has 2 nitrogen and oxygen atoms in total. The zero-order valence-corrected chi connectivity index (χ0v) is 12.4. The molecule has 0 aromatic heterocycles. The van der Waals surface area contributed by atoms with Crippen LogP contribution in [0.2, 0.25) is 0 Å². The molecule has 1 aromatic carbocycles. The Kier molecular flexibility index (Phi) is 6.80. The second-order valence-corrected chi connectivity index (χ2v) is 4.49. The molecule has 0 bridgehead atoms. The van der Waals surface area contributed by atoms with Gasteiger partial charge in [0.2, 0.25) is 0 Å². The molecule has 1 aromatic rings. The van der Waals surface area contributed by atoms with Crippen LogP contribution in [0.4, 0.5) is 0 Å². The van der Waals surface area contributed by atoms with Gasteiger partial charge in [-0.1, -0.05) is 31.2 Å². The van der Waals surface area contributed by atoms with Crippen LogP contribution < -0.4 is 9.47 Å². The third kappa shape index (κ3) is 5.21. The van der Waals surface area contributed by atoms with Crippen LogP contribution >= 0.6 is 0 Å². The maximum Gasteiger partial charge on any atom is 0.125 e. The zero-order valence-electron chi connectivity index (χ0n) is 12.4. The maximum atomic E-state index is 5.81. The van der Waals surface area contributed by atoms with E-state index in [1.807, 2.05) is 26.0 Å². The Morgan fingerprint density at radius 1 is 1.00 bits per heavy atom. The molecule has 0 spiro atoms. The minimum atomic E-state index is 0.605. The molecule has 0 aliphatic rings. The predicted octanol–water partition coefficient (Wildman–Crippen LogP) is 4.60. The van der Waals surface area contributed by atoms with Crippen molar-refractivity contribution in [2.75, 3.05) is 13.7 Å². The summed E-state index contributed by atoms with van der Waals surface area (Å²) in [6, 6.07) is 3.99. The van der Waals surface area contributed by atoms with Crippen LogP contribution in [0.25, 0.3) is 0 Å². The minimum Gasteiger partial charge on any atom is -0.497 e. The van der Waals surface area contributed by atoms with Crippen molar-refractivity contribution in [3.8, 4) is 11.5 Å². The Labute approximate surface area is 116 Å². The Hall–Kier alpha value is -1.70. The summed E-state index contributed by atoms with van der Waals surface area (Å²) in [6.07, 6.45) is 10.6. The number of hydrogen-bond donors (Lipinski definition) is 0. The fourth-order valence-corrected chi connectivity index (χ4v) is 1.89. The van der Waals surface area contributed by atoms with Gasteiger partial charge in [-0.05, 0) is 49.9 Å². The van der Waals surface area contributed by atoms with Gasteiger partial charge in [0.05, 0.1) is 7.11 Å². The molecule has 0 atom stereocenters. The molecule has 0 unspecified atom stereocenters. The van der Waals surface area contributed by atoms with Gasteiger partial charge in [-0.25, -0.2) is 0 Å². The summed E-state index contributed by atoms with van der Waals surface area (Å²) in [7, 11) is 1.68. The molecule has 2 heteroatoms. The SMILES string of the molecule is CC/C=C/C/C=C/COc1c(C)cc(OC)cc1C. The molecule has 0 saturated heterocycles. The Morgan fingerprint density at radius 2 is 1.63 bits per heavy atom. The van der Waals surface area contributed by atoms with E-state index in [9.17, 15) is 0 Å². The van der Waals surface area contributed by atoms with Crippen LogP contribution in [0.3, 0.4) is 0 Å². The molecule has 1 rings (SSSR count). The molecule has 104 valence electrons. The van der Waals surface area contributed by atoms with Crippen molar-refractivity contribution >= 4 is 0 Å². The van der Waals surface area contributed by atoms with Gasteiger partial charge < -0.3 is 9.47 Å². The van der Waals surface area contributed by atoms with Crippen LogP contribution in [0, 0.1) is 13.8 Å². The third-order valence-corrected chi connectivity index (χ3v) is 2.83. The molecule has 0 aliphatic heterocycles. The number of methoxy groups -OCH3 is 1. The monoisotopic (exact) mass is 260 g/mol. The Morgan fingerprint density at radius 3 is 2.21 bits per heavy atom. The number of rotatable bonds is 7. The summed E-state index contributed by atoms with van der Waals surface area (Å²) < 4.78 is 11.0. The van der Waals surface area contributed by atoms with Crippen molar-refractivity contribution in [1.29, 1.82) is 0 Å². The van der Waals surface area contributed by atoms with Gasteiger partial charge in [0.1, 0.15) is 18.1 Å². The molecule has 0 radical (unpaired) electrons. The van der Waals surface area contributed by atoms with E-state index in [4.69, 9.17) is 9.47 Å². The van der Waals surface area contributed by atoms with Crippen molar-refractivity contribution < 1.29 is 9.47 Å². The number of ether oxygens (including phenoxy) is 2. The average Bonchev–Trinajstić information content (AvgIpc) is 2.40. The lowest BCUT2D eigenvalue weighted by Gasteiger charge is -2.12. The Bertz CT molecular complexity index is 422. The van der Waals surface area contributed by atoms with Gasteiger partial charge in [-0.15, -0.1) is 0 Å². The summed E-state index contributed by atoms with van der Waals surface area (Å²) in [4.78, 5) is 0. The molecule has 0 amide bonds. The standard InChI is InChI=1S/C17H24O2/c1-5-6-7-8-9-10-11-19-17-14(2)12-16(18-4)13-15(17)3/h6-7,9-10,12-13H,5,8,11H2,1-4H3/b7-6+,10-9+. The van der Waals surface area contributed by atoms with E-state index in [0.717, 1.165) is 35.5 Å². The fraction of sp³-hybridized carbons (Fsp3) is 0.412. The van der Waals surface area contributed by atoms with Crippen molar-refractivity contribution in [2.24, 2.45) is 0 Å². The van der Waals surface area contributed by atoms with E-state index in [1.54, 1.807) is 7.11 Å². The van der Waals surface area contributed by atoms with E-state index >= 15 is 0 Å². The maximum absolute atomic E-state index is 5.81. The lowest BCUT2D eigenvalue weighted by atomic mass is 10.1. The number of aryl methyl sites for hydroxylation is 2. The van der Waals surface area contributed by atoms with E-state index in [1.165, 1.54) is 0 Å².